The molecule has 6 nitrogen and oxygen atoms in total. The first-order chi connectivity index (χ1) is 8.66. The van der Waals surface area contributed by atoms with Gasteiger partial charge in [0.25, 0.3) is 5.69 Å². The lowest BCUT2D eigenvalue weighted by atomic mass is 10.1. The van der Waals surface area contributed by atoms with E-state index in [0.29, 0.717) is 32.1 Å². The minimum absolute atomic E-state index is 0.0897. The van der Waals surface area contributed by atoms with Crippen molar-refractivity contribution in [3.8, 4) is 0 Å². The summed E-state index contributed by atoms with van der Waals surface area (Å²) in [6.07, 6.45) is 0. The molecule has 0 saturated heterocycles. The number of hydrogen-bond donors (Lipinski definition) is 1. The fraction of sp³-hybridized carbons (Fsp3) is 0.500. The molecule has 0 amide bonds. The summed E-state index contributed by atoms with van der Waals surface area (Å²) in [7, 11) is 1.61. The molecule has 1 N–H and O–H groups in total. The highest BCUT2D eigenvalue weighted by atomic mass is 16.6. The Morgan fingerprint density at radius 2 is 2.11 bits per heavy atom. The molecule has 0 aliphatic rings. The number of anilines is 1. The number of hydrogen-bond acceptors (Lipinski definition) is 5. The molecule has 0 unspecified atom stereocenters. The van der Waals surface area contributed by atoms with Gasteiger partial charge >= 0.3 is 0 Å². The summed E-state index contributed by atoms with van der Waals surface area (Å²) in [5.41, 5.74) is 1.49. The number of benzene rings is 1. The van der Waals surface area contributed by atoms with Gasteiger partial charge in [0.05, 0.1) is 24.7 Å². The minimum Gasteiger partial charge on any atom is -0.382 e. The zero-order valence-corrected chi connectivity index (χ0v) is 10.6. The van der Waals surface area contributed by atoms with Crippen LogP contribution >= 0.6 is 0 Å². The van der Waals surface area contributed by atoms with Crippen molar-refractivity contribution in [3.63, 3.8) is 0 Å². The van der Waals surface area contributed by atoms with E-state index >= 15 is 0 Å². The van der Waals surface area contributed by atoms with E-state index in [4.69, 9.17) is 9.47 Å². The van der Waals surface area contributed by atoms with Crippen molar-refractivity contribution in [1.29, 1.82) is 0 Å². The lowest BCUT2D eigenvalue weighted by Crippen LogP contribution is -2.13. The van der Waals surface area contributed by atoms with Crippen LogP contribution in [0.2, 0.25) is 0 Å². The van der Waals surface area contributed by atoms with E-state index in [-0.39, 0.29) is 10.6 Å². The number of nitro groups is 1. The summed E-state index contributed by atoms with van der Waals surface area (Å²) in [4.78, 5) is 10.5. The molecule has 0 spiro atoms. The molecular formula is C12H18N2O4. The van der Waals surface area contributed by atoms with Crippen LogP contribution in [0, 0.1) is 17.0 Å². The second-order valence-corrected chi connectivity index (χ2v) is 3.76. The summed E-state index contributed by atoms with van der Waals surface area (Å²) in [6, 6.07) is 5.00. The molecule has 6 heteroatoms. The molecule has 1 aromatic carbocycles. The van der Waals surface area contributed by atoms with Crippen LogP contribution in [0.1, 0.15) is 5.56 Å². The van der Waals surface area contributed by atoms with E-state index in [0.717, 1.165) is 5.56 Å². The van der Waals surface area contributed by atoms with E-state index in [9.17, 15) is 10.1 Å². The SMILES string of the molecule is COCCOCCNc1c(C)cccc1[N+](=O)[O-]. The van der Waals surface area contributed by atoms with Gasteiger partial charge in [0, 0.05) is 19.7 Å². The number of nitrogens with one attached hydrogen (secondary N) is 1. The van der Waals surface area contributed by atoms with Crippen molar-refractivity contribution in [2.45, 2.75) is 6.92 Å². The van der Waals surface area contributed by atoms with Crippen LogP contribution in [0.4, 0.5) is 11.4 Å². The van der Waals surface area contributed by atoms with Crippen molar-refractivity contribution in [2.75, 3.05) is 38.8 Å². The van der Waals surface area contributed by atoms with Crippen molar-refractivity contribution in [2.24, 2.45) is 0 Å². The van der Waals surface area contributed by atoms with E-state index in [1.807, 2.05) is 13.0 Å². The smallest absolute Gasteiger partial charge is 0.292 e. The Labute approximate surface area is 106 Å². The standard InChI is InChI=1S/C12H18N2O4/c1-10-4-3-5-11(14(15)16)12(10)13-6-7-18-9-8-17-2/h3-5,13H,6-9H2,1-2H3. The third-order valence-electron chi connectivity index (χ3n) is 2.43. The summed E-state index contributed by atoms with van der Waals surface area (Å²) >= 11 is 0. The van der Waals surface area contributed by atoms with Gasteiger partial charge in [-0.25, -0.2) is 0 Å². The molecule has 0 aliphatic carbocycles. The Morgan fingerprint density at radius 3 is 2.78 bits per heavy atom. The molecule has 0 bridgehead atoms. The molecule has 0 aromatic heterocycles. The number of methoxy groups -OCH3 is 1. The van der Waals surface area contributed by atoms with Gasteiger partial charge in [-0.2, -0.15) is 0 Å². The first-order valence-corrected chi connectivity index (χ1v) is 5.71. The quantitative estimate of drug-likeness (QED) is 0.436. The zero-order chi connectivity index (χ0) is 13.4. The predicted octanol–water partition coefficient (Wildman–Crippen LogP) is 1.98. The lowest BCUT2D eigenvalue weighted by molar-refractivity contribution is -0.384. The number of rotatable bonds is 8. The van der Waals surface area contributed by atoms with Crippen molar-refractivity contribution in [3.05, 3.63) is 33.9 Å². The number of para-hydroxylation sites is 1. The molecule has 18 heavy (non-hydrogen) atoms. The number of aryl methyl sites for hydroxylation is 1. The van der Waals surface area contributed by atoms with E-state index in [2.05, 4.69) is 5.32 Å². The maximum Gasteiger partial charge on any atom is 0.292 e. The fourth-order valence-corrected chi connectivity index (χ4v) is 1.53. The highest BCUT2D eigenvalue weighted by Crippen LogP contribution is 2.27. The van der Waals surface area contributed by atoms with E-state index < -0.39 is 0 Å². The second-order valence-electron chi connectivity index (χ2n) is 3.76. The van der Waals surface area contributed by atoms with Crippen LogP contribution in [0.5, 0.6) is 0 Å². The maximum atomic E-state index is 10.9. The molecule has 0 radical (unpaired) electrons. The molecule has 0 heterocycles. The molecule has 0 aliphatic heterocycles. The highest BCUT2D eigenvalue weighted by Gasteiger charge is 2.14. The summed E-state index contributed by atoms with van der Waals surface area (Å²) in [5, 5.41) is 13.9. The van der Waals surface area contributed by atoms with Gasteiger partial charge in [-0.05, 0) is 12.5 Å². The van der Waals surface area contributed by atoms with E-state index in [1.54, 1.807) is 13.2 Å². The van der Waals surface area contributed by atoms with Gasteiger partial charge < -0.3 is 14.8 Å². The topological polar surface area (TPSA) is 73.6 Å². The number of nitro benzene ring substituents is 1. The van der Waals surface area contributed by atoms with Gasteiger partial charge in [0.2, 0.25) is 0 Å². The summed E-state index contributed by atoms with van der Waals surface area (Å²) in [6.45, 7) is 3.91. The van der Waals surface area contributed by atoms with Gasteiger partial charge in [0.15, 0.2) is 0 Å². The van der Waals surface area contributed by atoms with Crippen LogP contribution in [-0.2, 0) is 9.47 Å². The molecule has 1 aromatic rings. The second kappa shape index (κ2) is 7.62. The van der Waals surface area contributed by atoms with Gasteiger partial charge in [-0.1, -0.05) is 12.1 Å². The monoisotopic (exact) mass is 254 g/mol. The van der Waals surface area contributed by atoms with Gasteiger partial charge in [-0.3, -0.25) is 10.1 Å². The van der Waals surface area contributed by atoms with Crippen molar-refractivity contribution >= 4 is 11.4 Å². The molecular weight excluding hydrogens is 236 g/mol. The Balaban J connectivity index is 2.48. The average Bonchev–Trinajstić information content (AvgIpc) is 2.34. The van der Waals surface area contributed by atoms with Crippen LogP contribution in [0.3, 0.4) is 0 Å². The van der Waals surface area contributed by atoms with Crippen molar-refractivity contribution in [1.82, 2.24) is 0 Å². The predicted molar refractivity (Wildman–Crippen MR) is 69.0 cm³/mol. The molecule has 0 saturated carbocycles. The van der Waals surface area contributed by atoms with Crippen LogP contribution in [0.25, 0.3) is 0 Å². The Hall–Kier alpha value is -1.66. The van der Waals surface area contributed by atoms with Crippen molar-refractivity contribution < 1.29 is 14.4 Å². The average molecular weight is 254 g/mol. The third kappa shape index (κ3) is 4.31. The van der Waals surface area contributed by atoms with Crippen LogP contribution < -0.4 is 5.32 Å². The highest BCUT2D eigenvalue weighted by molar-refractivity contribution is 5.65. The number of ether oxygens (including phenoxy) is 2. The first-order valence-electron chi connectivity index (χ1n) is 5.71. The largest absolute Gasteiger partial charge is 0.382 e. The third-order valence-corrected chi connectivity index (χ3v) is 2.43. The van der Waals surface area contributed by atoms with Gasteiger partial charge in [-0.15, -0.1) is 0 Å². The molecule has 1 rings (SSSR count). The van der Waals surface area contributed by atoms with Crippen LogP contribution in [-0.4, -0.2) is 38.4 Å². The molecule has 100 valence electrons. The minimum atomic E-state index is -0.388. The number of nitrogens with zero attached hydrogens (tertiary/aromatic N) is 1. The zero-order valence-electron chi connectivity index (χ0n) is 10.6. The lowest BCUT2D eigenvalue weighted by Gasteiger charge is -2.10. The Bertz CT molecular complexity index is 396. The first kappa shape index (κ1) is 14.4. The summed E-state index contributed by atoms with van der Waals surface area (Å²) in [5.74, 6) is 0. The molecule has 0 atom stereocenters. The Morgan fingerprint density at radius 1 is 1.33 bits per heavy atom. The maximum absolute atomic E-state index is 10.9. The normalized spacial score (nSPS) is 10.3. The fourth-order valence-electron chi connectivity index (χ4n) is 1.53. The summed E-state index contributed by atoms with van der Waals surface area (Å²) < 4.78 is 10.1. The van der Waals surface area contributed by atoms with Crippen LogP contribution in [0.15, 0.2) is 18.2 Å². The molecule has 0 fully saturated rings. The van der Waals surface area contributed by atoms with Gasteiger partial charge in [0.1, 0.15) is 5.69 Å². The Kier molecular flexibility index (Phi) is 6.10. The van der Waals surface area contributed by atoms with E-state index in [1.165, 1.54) is 6.07 Å².